The Bertz CT molecular complexity index is 825. The maximum absolute atomic E-state index is 12.5. The number of halogens is 2. The Hall–Kier alpha value is -3.16. The van der Waals surface area contributed by atoms with Crippen LogP contribution in [0.2, 0.25) is 0 Å². The van der Waals surface area contributed by atoms with E-state index in [2.05, 4.69) is 4.74 Å². The fourth-order valence-electron chi connectivity index (χ4n) is 2.46. The molecule has 1 amide bonds. The van der Waals surface area contributed by atoms with E-state index in [-0.39, 0.29) is 41.7 Å². The summed E-state index contributed by atoms with van der Waals surface area (Å²) in [5.74, 6) is -1.42. The van der Waals surface area contributed by atoms with Gasteiger partial charge < -0.3 is 19.5 Å². The van der Waals surface area contributed by atoms with Crippen LogP contribution in [0.15, 0.2) is 42.5 Å². The molecule has 0 aromatic heterocycles. The van der Waals surface area contributed by atoms with Crippen molar-refractivity contribution in [1.82, 2.24) is 4.90 Å². The number of carboxylic acids is 1. The van der Waals surface area contributed by atoms with E-state index < -0.39 is 12.6 Å². The molecule has 0 bridgehead atoms. The highest BCUT2D eigenvalue weighted by molar-refractivity contribution is 5.97. The van der Waals surface area contributed by atoms with Crippen molar-refractivity contribution < 1.29 is 33.0 Å². The quantitative estimate of drug-likeness (QED) is 0.758. The molecule has 8 heteroatoms. The van der Waals surface area contributed by atoms with E-state index >= 15 is 0 Å². The Morgan fingerprint density at radius 3 is 2.44 bits per heavy atom. The van der Waals surface area contributed by atoms with Crippen molar-refractivity contribution in [3.8, 4) is 11.5 Å². The minimum Gasteiger partial charge on any atom is -0.490 e. The molecule has 1 N–H and O–H groups in total. The van der Waals surface area contributed by atoms with Crippen LogP contribution < -0.4 is 9.47 Å². The molecule has 27 heavy (non-hydrogen) atoms. The SMILES string of the molecule is CCOc1cc(CN(C)C(=O)c2cccc(C(=O)O)c2)ccc1OC(F)F. The molecule has 0 spiro atoms. The molecule has 0 aliphatic carbocycles. The highest BCUT2D eigenvalue weighted by Crippen LogP contribution is 2.30. The van der Waals surface area contributed by atoms with Crippen molar-refractivity contribution in [2.24, 2.45) is 0 Å². The first-order valence-corrected chi connectivity index (χ1v) is 8.11. The molecule has 0 unspecified atom stereocenters. The minimum atomic E-state index is -2.97. The van der Waals surface area contributed by atoms with Crippen LogP contribution in [0.1, 0.15) is 33.2 Å². The smallest absolute Gasteiger partial charge is 0.387 e. The monoisotopic (exact) mass is 379 g/mol. The van der Waals surface area contributed by atoms with Crippen LogP contribution in [0, 0.1) is 0 Å². The predicted molar refractivity (Wildman–Crippen MR) is 93.4 cm³/mol. The van der Waals surface area contributed by atoms with Gasteiger partial charge in [0, 0.05) is 19.2 Å². The Kier molecular flexibility index (Phi) is 6.70. The number of rotatable bonds is 8. The average molecular weight is 379 g/mol. The second kappa shape index (κ2) is 8.98. The number of hydrogen-bond donors (Lipinski definition) is 1. The predicted octanol–water partition coefficient (Wildman–Crippen LogP) is 3.66. The van der Waals surface area contributed by atoms with E-state index in [1.165, 1.54) is 41.3 Å². The number of ether oxygens (including phenoxy) is 2. The molecule has 0 atom stereocenters. The van der Waals surface area contributed by atoms with Crippen LogP contribution in [0.25, 0.3) is 0 Å². The van der Waals surface area contributed by atoms with Crippen molar-refractivity contribution in [3.63, 3.8) is 0 Å². The summed E-state index contributed by atoms with van der Waals surface area (Å²) < 4.78 is 34.7. The van der Waals surface area contributed by atoms with Crippen molar-refractivity contribution in [2.75, 3.05) is 13.7 Å². The second-order valence-electron chi connectivity index (χ2n) is 5.64. The van der Waals surface area contributed by atoms with Crippen molar-refractivity contribution >= 4 is 11.9 Å². The first-order valence-electron chi connectivity index (χ1n) is 8.11. The summed E-state index contributed by atoms with van der Waals surface area (Å²) in [5.41, 5.74) is 0.895. The molecule has 0 saturated heterocycles. The van der Waals surface area contributed by atoms with Gasteiger partial charge in [0.1, 0.15) is 0 Å². The van der Waals surface area contributed by atoms with Gasteiger partial charge in [-0.15, -0.1) is 0 Å². The zero-order chi connectivity index (χ0) is 20.0. The molecule has 0 aliphatic heterocycles. The lowest BCUT2D eigenvalue weighted by molar-refractivity contribution is -0.0514. The van der Waals surface area contributed by atoms with Gasteiger partial charge in [0.2, 0.25) is 0 Å². The van der Waals surface area contributed by atoms with Gasteiger partial charge in [0.25, 0.3) is 5.91 Å². The zero-order valence-electron chi connectivity index (χ0n) is 14.8. The molecule has 0 radical (unpaired) electrons. The fraction of sp³-hybridized carbons (Fsp3) is 0.263. The molecule has 0 saturated carbocycles. The van der Waals surface area contributed by atoms with Crippen LogP contribution in [-0.2, 0) is 6.54 Å². The third kappa shape index (κ3) is 5.40. The van der Waals surface area contributed by atoms with E-state index in [4.69, 9.17) is 9.84 Å². The van der Waals surface area contributed by atoms with Gasteiger partial charge >= 0.3 is 12.6 Å². The largest absolute Gasteiger partial charge is 0.490 e. The van der Waals surface area contributed by atoms with Crippen LogP contribution in [0.3, 0.4) is 0 Å². The van der Waals surface area contributed by atoms with Crippen LogP contribution in [0.4, 0.5) is 8.78 Å². The van der Waals surface area contributed by atoms with Gasteiger partial charge in [0.05, 0.1) is 12.2 Å². The molecule has 0 heterocycles. The molecule has 6 nitrogen and oxygen atoms in total. The summed E-state index contributed by atoms with van der Waals surface area (Å²) in [6.07, 6.45) is 0. The normalized spacial score (nSPS) is 10.6. The average Bonchev–Trinajstić information content (AvgIpc) is 2.63. The van der Waals surface area contributed by atoms with Crippen LogP contribution >= 0.6 is 0 Å². The topological polar surface area (TPSA) is 76.1 Å². The minimum absolute atomic E-state index is 0.0152. The molecular formula is C19H19F2NO5. The highest BCUT2D eigenvalue weighted by atomic mass is 19.3. The van der Waals surface area contributed by atoms with Crippen LogP contribution in [-0.4, -0.2) is 42.1 Å². The van der Waals surface area contributed by atoms with Gasteiger partial charge in [-0.05, 0) is 42.8 Å². The van der Waals surface area contributed by atoms with Gasteiger partial charge in [-0.2, -0.15) is 8.78 Å². The number of aromatic carboxylic acids is 1. The summed E-state index contributed by atoms with van der Waals surface area (Å²) in [6, 6.07) is 10.2. The fourth-order valence-corrected chi connectivity index (χ4v) is 2.46. The zero-order valence-corrected chi connectivity index (χ0v) is 14.8. The number of amides is 1. The maximum atomic E-state index is 12.5. The number of benzene rings is 2. The molecule has 2 aromatic rings. The lowest BCUT2D eigenvalue weighted by Gasteiger charge is -2.19. The van der Waals surface area contributed by atoms with Crippen molar-refractivity contribution in [3.05, 3.63) is 59.2 Å². The van der Waals surface area contributed by atoms with Gasteiger partial charge in [-0.1, -0.05) is 12.1 Å². The molecule has 0 aliphatic rings. The summed E-state index contributed by atoms with van der Waals surface area (Å²) in [4.78, 5) is 25.0. The van der Waals surface area contributed by atoms with E-state index in [9.17, 15) is 18.4 Å². The molecule has 2 aromatic carbocycles. The summed E-state index contributed by atoms with van der Waals surface area (Å²) in [5, 5.41) is 9.03. The number of nitrogens with zero attached hydrogens (tertiary/aromatic N) is 1. The van der Waals surface area contributed by atoms with Crippen molar-refractivity contribution in [2.45, 2.75) is 20.1 Å². The molecular weight excluding hydrogens is 360 g/mol. The maximum Gasteiger partial charge on any atom is 0.387 e. The van der Waals surface area contributed by atoms with E-state index in [0.29, 0.717) is 5.56 Å². The standard InChI is InChI=1S/C19H19F2NO5/c1-3-26-16-9-12(7-8-15(16)27-19(20)21)11-22(2)17(23)13-5-4-6-14(10-13)18(24)25/h4-10,19H,3,11H2,1-2H3,(H,24,25). The van der Waals surface area contributed by atoms with Gasteiger partial charge in [-0.3, -0.25) is 4.79 Å². The third-order valence-electron chi connectivity index (χ3n) is 3.65. The third-order valence-corrected chi connectivity index (χ3v) is 3.65. The second-order valence-corrected chi connectivity index (χ2v) is 5.64. The summed E-state index contributed by atoms with van der Waals surface area (Å²) in [6.45, 7) is -0.824. The Balaban J connectivity index is 2.17. The Morgan fingerprint density at radius 1 is 1.11 bits per heavy atom. The molecule has 2 rings (SSSR count). The summed E-state index contributed by atoms with van der Waals surface area (Å²) in [7, 11) is 1.56. The number of hydrogen-bond acceptors (Lipinski definition) is 4. The first-order chi connectivity index (χ1) is 12.8. The molecule has 144 valence electrons. The van der Waals surface area contributed by atoms with E-state index in [1.54, 1.807) is 20.0 Å². The number of alkyl halides is 2. The van der Waals surface area contributed by atoms with Crippen molar-refractivity contribution in [1.29, 1.82) is 0 Å². The van der Waals surface area contributed by atoms with E-state index in [1.807, 2.05) is 0 Å². The Labute approximate surface area is 154 Å². The number of carbonyl (C=O) groups excluding carboxylic acids is 1. The lowest BCUT2D eigenvalue weighted by atomic mass is 10.1. The first kappa shape index (κ1) is 20.2. The number of carboxylic acid groups (broad SMARTS) is 1. The molecule has 0 fully saturated rings. The van der Waals surface area contributed by atoms with Crippen LogP contribution in [0.5, 0.6) is 11.5 Å². The number of carbonyl (C=O) groups is 2. The van der Waals surface area contributed by atoms with Gasteiger partial charge in [0.15, 0.2) is 11.5 Å². The summed E-state index contributed by atoms with van der Waals surface area (Å²) >= 11 is 0. The highest BCUT2D eigenvalue weighted by Gasteiger charge is 2.16. The Morgan fingerprint density at radius 2 is 1.81 bits per heavy atom. The van der Waals surface area contributed by atoms with Gasteiger partial charge in [-0.25, -0.2) is 4.79 Å². The van der Waals surface area contributed by atoms with E-state index in [0.717, 1.165) is 0 Å². The lowest BCUT2D eigenvalue weighted by Crippen LogP contribution is -2.26.